The molecule has 128 valence electrons. The molecular weight excluding hydrogens is 309 g/mol. The zero-order valence-electron chi connectivity index (χ0n) is 14.2. The molecule has 0 aliphatic heterocycles. The van der Waals surface area contributed by atoms with E-state index in [9.17, 15) is 9.18 Å². The quantitative estimate of drug-likeness (QED) is 0.834. The number of aryl methyl sites for hydroxylation is 2. The second-order valence-corrected chi connectivity index (χ2v) is 5.32. The van der Waals surface area contributed by atoms with Crippen LogP contribution in [0.25, 0.3) is 0 Å². The van der Waals surface area contributed by atoms with Gasteiger partial charge < -0.3 is 9.47 Å². The van der Waals surface area contributed by atoms with E-state index in [1.54, 1.807) is 6.07 Å². The molecule has 0 aliphatic carbocycles. The van der Waals surface area contributed by atoms with Crippen molar-refractivity contribution in [2.45, 2.75) is 33.3 Å². The summed E-state index contributed by atoms with van der Waals surface area (Å²) in [6, 6.07) is 10.5. The Kier molecular flexibility index (Phi) is 6.18. The molecule has 2 rings (SSSR count). The van der Waals surface area contributed by atoms with Gasteiger partial charge in [0.2, 0.25) is 0 Å². The SMILES string of the molecule is CCc1ccc(OCc2c(F)cccc2NC(=O)OC)c(CC)c1. The number of nitrogens with one attached hydrogen (secondary N) is 1. The van der Waals surface area contributed by atoms with Gasteiger partial charge in [0.05, 0.1) is 12.8 Å². The number of rotatable bonds is 6. The van der Waals surface area contributed by atoms with Gasteiger partial charge in [-0.3, -0.25) is 5.32 Å². The van der Waals surface area contributed by atoms with Crippen molar-refractivity contribution in [2.75, 3.05) is 12.4 Å². The van der Waals surface area contributed by atoms with Gasteiger partial charge in [-0.15, -0.1) is 0 Å². The molecule has 0 radical (unpaired) electrons. The first-order valence-corrected chi connectivity index (χ1v) is 7.96. The summed E-state index contributed by atoms with van der Waals surface area (Å²) in [5.41, 5.74) is 2.93. The van der Waals surface area contributed by atoms with Gasteiger partial charge in [0.15, 0.2) is 0 Å². The van der Waals surface area contributed by atoms with Crippen LogP contribution in [-0.4, -0.2) is 13.2 Å². The van der Waals surface area contributed by atoms with Crippen LogP contribution in [0.3, 0.4) is 0 Å². The molecule has 0 heterocycles. The maximum Gasteiger partial charge on any atom is 0.411 e. The number of hydrogen-bond acceptors (Lipinski definition) is 3. The van der Waals surface area contributed by atoms with Crippen molar-refractivity contribution in [3.63, 3.8) is 0 Å². The average molecular weight is 331 g/mol. The average Bonchev–Trinajstić information content (AvgIpc) is 2.61. The molecule has 0 fully saturated rings. The summed E-state index contributed by atoms with van der Waals surface area (Å²) >= 11 is 0. The minimum absolute atomic E-state index is 0.0183. The number of carbonyl (C=O) groups is 1. The summed E-state index contributed by atoms with van der Waals surface area (Å²) in [5.74, 6) is 0.286. The van der Waals surface area contributed by atoms with Crippen LogP contribution in [0.5, 0.6) is 5.75 Å². The second kappa shape index (κ2) is 8.34. The van der Waals surface area contributed by atoms with Crippen molar-refractivity contribution in [3.8, 4) is 5.75 Å². The molecule has 0 aliphatic rings. The first kappa shape index (κ1) is 17.8. The number of hydrogen-bond donors (Lipinski definition) is 1. The number of carbonyl (C=O) groups excluding carboxylic acids is 1. The van der Waals surface area contributed by atoms with Gasteiger partial charge in [0, 0.05) is 5.56 Å². The highest BCUT2D eigenvalue weighted by atomic mass is 19.1. The predicted molar refractivity (Wildman–Crippen MR) is 92.0 cm³/mol. The zero-order chi connectivity index (χ0) is 17.5. The van der Waals surface area contributed by atoms with Gasteiger partial charge in [-0.1, -0.05) is 32.0 Å². The van der Waals surface area contributed by atoms with Gasteiger partial charge in [0.1, 0.15) is 18.2 Å². The first-order valence-electron chi connectivity index (χ1n) is 7.96. The molecule has 0 atom stereocenters. The van der Waals surface area contributed by atoms with Crippen LogP contribution in [0.1, 0.15) is 30.5 Å². The van der Waals surface area contributed by atoms with Crippen molar-refractivity contribution in [3.05, 3.63) is 58.9 Å². The Morgan fingerprint density at radius 3 is 2.62 bits per heavy atom. The lowest BCUT2D eigenvalue weighted by Gasteiger charge is -2.15. The summed E-state index contributed by atoms with van der Waals surface area (Å²) in [6.45, 7) is 4.17. The van der Waals surface area contributed by atoms with E-state index in [4.69, 9.17) is 4.74 Å². The van der Waals surface area contributed by atoms with E-state index in [0.717, 1.165) is 24.2 Å². The standard InChI is InChI=1S/C19H22FNO3/c1-4-13-9-10-18(14(5-2)11-13)24-12-15-16(20)7-6-8-17(15)21-19(22)23-3/h6-11H,4-5,12H2,1-3H3,(H,21,22). The number of ether oxygens (including phenoxy) is 2. The van der Waals surface area contributed by atoms with Crippen LogP contribution in [0.2, 0.25) is 0 Å². The maximum atomic E-state index is 14.1. The highest BCUT2D eigenvalue weighted by Crippen LogP contribution is 2.25. The molecule has 0 bridgehead atoms. The molecule has 0 saturated carbocycles. The largest absolute Gasteiger partial charge is 0.488 e. The third-order valence-electron chi connectivity index (χ3n) is 3.83. The van der Waals surface area contributed by atoms with Crippen molar-refractivity contribution >= 4 is 11.8 Å². The third-order valence-corrected chi connectivity index (χ3v) is 3.83. The third kappa shape index (κ3) is 4.25. The predicted octanol–water partition coefficient (Wildman–Crippen LogP) is 4.71. The molecule has 1 N–H and O–H groups in total. The molecule has 2 aromatic rings. The number of benzene rings is 2. The highest BCUT2D eigenvalue weighted by molar-refractivity contribution is 5.85. The Morgan fingerprint density at radius 1 is 1.17 bits per heavy atom. The maximum absolute atomic E-state index is 14.1. The molecule has 4 nitrogen and oxygen atoms in total. The van der Waals surface area contributed by atoms with E-state index >= 15 is 0 Å². The lowest BCUT2D eigenvalue weighted by atomic mass is 10.1. The Labute approximate surface area is 141 Å². The van der Waals surface area contributed by atoms with E-state index < -0.39 is 11.9 Å². The minimum Gasteiger partial charge on any atom is -0.488 e. The Balaban J connectivity index is 2.21. The van der Waals surface area contributed by atoms with E-state index in [1.165, 1.54) is 24.8 Å². The minimum atomic E-state index is -0.650. The zero-order valence-corrected chi connectivity index (χ0v) is 14.2. The van der Waals surface area contributed by atoms with Gasteiger partial charge >= 0.3 is 6.09 Å². The van der Waals surface area contributed by atoms with Crippen LogP contribution in [0.15, 0.2) is 36.4 Å². The summed E-state index contributed by atoms with van der Waals surface area (Å²) in [6.07, 6.45) is 1.13. The van der Waals surface area contributed by atoms with E-state index in [0.29, 0.717) is 5.69 Å². The summed E-state index contributed by atoms with van der Waals surface area (Å²) in [5, 5.41) is 2.50. The molecule has 5 heteroatoms. The molecule has 0 spiro atoms. The molecular formula is C19H22FNO3. The Hall–Kier alpha value is -2.56. The number of amides is 1. The highest BCUT2D eigenvalue weighted by Gasteiger charge is 2.13. The monoisotopic (exact) mass is 331 g/mol. The number of halogens is 1. The van der Waals surface area contributed by atoms with Crippen LogP contribution < -0.4 is 10.1 Å². The fraction of sp³-hybridized carbons (Fsp3) is 0.316. The normalized spacial score (nSPS) is 10.3. The fourth-order valence-corrected chi connectivity index (χ4v) is 2.40. The molecule has 0 aromatic heterocycles. The lowest BCUT2D eigenvalue weighted by Crippen LogP contribution is -2.14. The summed E-state index contributed by atoms with van der Waals surface area (Å²) in [7, 11) is 1.26. The Bertz CT molecular complexity index is 716. The van der Waals surface area contributed by atoms with Crippen molar-refractivity contribution in [1.29, 1.82) is 0 Å². The first-order chi connectivity index (χ1) is 11.6. The van der Waals surface area contributed by atoms with E-state index in [-0.39, 0.29) is 12.2 Å². The molecule has 2 aromatic carbocycles. The van der Waals surface area contributed by atoms with Crippen molar-refractivity contribution in [2.24, 2.45) is 0 Å². The van der Waals surface area contributed by atoms with Crippen LogP contribution in [0.4, 0.5) is 14.9 Å². The fourth-order valence-electron chi connectivity index (χ4n) is 2.40. The molecule has 0 unspecified atom stereocenters. The molecule has 24 heavy (non-hydrogen) atoms. The second-order valence-electron chi connectivity index (χ2n) is 5.32. The number of methoxy groups -OCH3 is 1. The molecule has 1 amide bonds. The number of anilines is 1. The van der Waals surface area contributed by atoms with Crippen molar-refractivity contribution in [1.82, 2.24) is 0 Å². The van der Waals surface area contributed by atoms with Gasteiger partial charge in [-0.25, -0.2) is 9.18 Å². The van der Waals surface area contributed by atoms with E-state index in [2.05, 4.69) is 30.0 Å². The van der Waals surface area contributed by atoms with Crippen molar-refractivity contribution < 1.29 is 18.7 Å². The topological polar surface area (TPSA) is 47.6 Å². The van der Waals surface area contributed by atoms with Gasteiger partial charge in [-0.2, -0.15) is 0 Å². The van der Waals surface area contributed by atoms with Crippen LogP contribution >= 0.6 is 0 Å². The van der Waals surface area contributed by atoms with Crippen LogP contribution in [0, 0.1) is 5.82 Å². The smallest absolute Gasteiger partial charge is 0.411 e. The summed E-state index contributed by atoms with van der Waals surface area (Å²) in [4.78, 5) is 11.4. The lowest BCUT2D eigenvalue weighted by molar-refractivity contribution is 0.187. The van der Waals surface area contributed by atoms with Crippen LogP contribution in [-0.2, 0) is 24.2 Å². The molecule has 0 saturated heterocycles. The van der Waals surface area contributed by atoms with Gasteiger partial charge in [-0.05, 0) is 42.2 Å². The summed E-state index contributed by atoms with van der Waals surface area (Å²) < 4.78 is 24.5. The Morgan fingerprint density at radius 2 is 1.96 bits per heavy atom. The van der Waals surface area contributed by atoms with Gasteiger partial charge in [0.25, 0.3) is 0 Å². The van der Waals surface area contributed by atoms with E-state index in [1.807, 2.05) is 12.1 Å².